The highest BCUT2D eigenvalue weighted by molar-refractivity contribution is 7.07. The maximum atomic E-state index is 15.1. The molecule has 1 atom stereocenters. The van der Waals surface area contributed by atoms with Crippen LogP contribution in [0.4, 0.5) is 14.5 Å². The third-order valence-corrected chi connectivity index (χ3v) is 6.36. The van der Waals surface area contributed by atoms with E-state index in [0.29, 0.717) is 5.69 Å². The van der Waals surface area contributed by atoms with Gasteiger partial charge >= 0.3 is 0 Å². The van der Waals surface area contributed by atoms with Crippen molar-refractivity contribution in [3.63, 3.8) is 0 Å². The lowest BCUT2D eigenvalue weighted by molar-refractivity contribution is -0.126. The van der Waals surface area contributed by atoms with Crippen LogP contribution >= 0.6 is 11.3 Å². The number of anilines is 1. The molecule has 1 fully saturated rings. The molecule has 0 bridgehead atoms. The minimum absolute atomic E-state index is 0.0262. The van der Waals surface area contributed by atoms with Crippen LogP contribution in [-0.2, 0) is 16.0 Å². The Morgan fingerprint density at radius 3 is 2.71 bits per heavy atom. The first kappa shape index (κ1) is 25.5. The number of amides is 2. The van der Waals surface area contributed by atoms with E-state index >= 15 is 4.39 Å². The number of carbonyl (C=O) groups is 2. The van der Waals surface area contributed by atoms with Crippen LogP contribution < -0.4 is 10.2 Å². The van der Waals surface area contributed by atoms with E-state index in [1.54, 1.807) is 23.9 Å². The third-order valence-electron chi connectivity index (χ3n) is 5.72. The highest BCUT2D eigenvalue weighted by atomic mass is 32.1. The van der Waals surface area contributed by atoms with E-state index in [9.17, 15) is 14.0 Å². The molecule has 1 aromatic heterocycles. The summed E-state index contributed by atoms with van der Waals surface area (Å²) in [5.41, 5.74) is 2.25. The molecule has 0 saturated heterocycles. The van der Waals surface area contributed by atoms with Crippen LogP contribution in [0.2, 0.25) is 0 Å². The summed E-state index contributed by atoms with van der Waals surface area (Å²) in [4.78, 5) is 32.6. The molecule has 0 spiro atoms. The second kappa shape index (κ2) is 12.4. The van der Waals surface area contributed by atoms with E-state index in [-0.39, 0.29) is 23.7 Å². The number of aromatic nitrogens is 1. The zero-order chi connectivity index (χ0) is 24.5. The van der Waals surface area contributed by atoms with Gasteiger partial charge in [-0.3, -0.25) is 14.5 Å². The Bertz CT molecular complexity index is 1060. The van der Waals surface area contributed by atoms with Gasteiger partial charge in [-0.2, -0.15) is 0 Å². The molecule has 1 saturated carbocycles. The van der Waals surface area contributed by atoms with Crippen molar-refractivity contribution in [2.75, 3.05) is 4.90 Å². The quantitative estimate of drug-likeness (QED) is 0.466. The van der Waals surface area contributed by atoms with Crippen LogP contribution in [0.25, 0.3) is 0 Å². The van der Waals surface area contributed by atoms with Gasteiger partial charge in [0, 0.05) is 22.7 Å². The summed E-state index contributed by atoms with van der Waals surface area (Å²) in [6, 6.07) is 3.97. The van der Waals surface area contributed by atoms with Crippen LogP contribution in [0.3, 0.4) is 0 Å². The van der Waals surface area contributed by atoms with Crippen molar-refractivity contribution in [2.45, 2.75) is 57.5 Å². The van der Waals surface area contributed by atoms with Gasteiger partial charge in [0.2, 0.25) is 11.8 Å². The maximum absolute atomic E-state index is 15.1. The molecule has 2 aromatic rings. The van der Waals surface area contributed by atoms with Crippen LogP contribution in [0, 0.1) is 5.82 Å². The molecule has 34 heavy (non-hydrogen) atoms. The summed E-state index contributed by atoms with van der Waals surface area (Å²) in [6.45, 7) is 5.19. The lowest BCUT2D eigenvalue weighted by Gasteiger charge is -2.34. The first-order valence-electron chi connectivity index (χ1n) is 11.3. The first-order valence-corrected chi connectivity index (χ1v) is 12.3. The second-order valence-electron chi connectivity index (χ2n) is 8.15. The molecule has 3 rings (SSSR count). The second-order valence-corrected chi connectivity index (χ2v) is 8.87. The molecule has 180 valence electrons. The fraction of sp³-hybridized carbons (Fsp3) is 0.346. The summed E-state index contributed by atoms with van der Waals surface area (Å²) in [6.07, 6.45) is 8.65. The first-order chi connectivity index (χ1) is 16.4. The number of nitrogens with zero attached hydrogens (tertiary/aromatic N) is 2. The number of carbonyl (C=O) groups excluding carboxylic acids is 2. The summed E-state index contributed by atoms with van der Waals surface area (Å²) in [5.74, 6) is -2.33. The molecule has 1 aliphatic rings. The van der Waals surface area contributed by atoms with Gasteiger partial charge in [0.05, 0.1) is 17.6 Å². The molecule has 1 N–H and O–H groups in total. The molecule has 1 unspecified atom stereocenters. The van der Waals surface area contributed by atoms with Crippen molar-refractivity contribution in [1.29, 1.82) is 0 Å². The Kier molecular flexibility index (Phi) is 9.27. The average molecular weight is 486 g/mol. The number of rotatable bonds is 9. The number of allylic oxidation sites excluding steroid dienone is 3. The van der Waals surface area contributed by atoms with Crippen molar-refractivity contribution in [3.05, 3.63) is 82.9 Å². The zero-order valence-corrected chi connectivity index (χ0v) is 20.0. The van der Waals surface area contributed by atoms with E-state index in [4.69, 9.17) is 0 Å². The van der Waals surface area contributed by atoms with E-state index in [1.807, 2.05) is 0 Å². The van der Waals surface area contributed by atoms with E-state index in [2.05, 4.69) is 16.9 Å². The monoisotopic (exact) mass is 485 g/mol. The Morgan fingerprint density at radius 1 is 1.32 bits per heavy atom. The summed E-state index contributed by atoms with van der Waals surface area (Å²) in [5, 5.41) is 4.73. The normalized spacial score (nSPS) is 16.1. The van der Waals surface area contributed by atoms with Gasteiger partial charge in [-0.15, -0.1) is 11.3 Å². The molecule has 5 nitrogen and oxygen atoms in total. The van der Waals surface area contributed by atoms with Crippen LogP contribution in [0.15, 0.2) is 71.4 Å². The van der Waals surface area contributed by atoms with Gasteiger partial charge < -0.3 is 5.32 Å². The number of benzene rings is 1. The Hall–Kier alpha value is -3.13. The number of thiazole rings is 1. The van der Waals surface area contributed by atoms with Gasteiger partial charge in [-0.25, -0.2) is 13.8 Å². The predicted molar refractivity (Wildman–Crippen MR) is 132 cm³/mol. The Balaban J connectivity index is 2.11. The standard InChI is InChI=1S/C26H29F2N3O2S/c1-3-9-22(23(28)4-2)25(26(33)30-19-11-6-5-7-12-19)31(21-13-8-10-18(27)14-21)24(32)15-20-16-34-17-29-20/h3-4,8-10,13-14,16-17,19,25H,2,5-7,11-12,15H2,1H3,(H,30,33)/b9-3-,23-22-. The maximum Gasteiger partial charge on any atom is 0.248 e. The van der Waals surface area contributed by atoms with Crippen molar-refractivity contribution < 1.29 is 18.4 Å². The molecule has 2 amide bonds. The minimum Gasteiger partial charge on any atom is -0.351 e. The molecule has 0 aliphatic heterocycles. The van der Waals surface area contributed by atoms with Crippen molar-refractivity contribution in [1.82, 2.24) is 10.3 Å². The SMILES string of the molecule is C=C/C(F)=C(\C=C/C)C(C(=O)NC1CCCCC1)N(C(=O)Cc1cscn1)c1cccc(F)c1. The van der Waals surface area contributed by atoms with Gasteiger partial charge in [0.15, 0.2) is 0 Å². The lowest BCUT2D eigenvalue weighted by atomic mass is 9.94. The molecular weight excluding hydrogens is 456 g/mol. The summed E-state index contributed by atoms with van der Waals surface area (Å²) >= 11 is 1.34. The molecule has 8 heteroatoms. The fourth-order valence-electron chi connectivity index (χ4n) is 4.15. The summed E-state index contributed by atoms with van der Waals surface area (Å²) in [7, 11) is 0. The van der Waals surface area contributed by atoms with Crippen molar-refractivity contribution in [3.8, 4) is 0 Å². The predicted octanol–water partition coefficient (Wildman–Crippen LogP) is 5.66. The molecular formula is C26H29F2N3O2S. The van der Waals surface area contributed by atoms with Gasteiger partial charge in [0.25, 0.3) is 0 Å². The topological polar surface area (TPSA) is 62.3 Å². The van der Waals surface area contributed by atoms with Crippen LogP contribution in [0.5, 0.6) is 0 Å². The van der Waals surface area contributed by atoms with Crippen molar-refractivity contribution in [2.24, 2.45) is 0 Å². The van der Waals surface area contributed by atoms with E-state index in [1.165, 1.54) is 46.6 Å². The van der Waals surface area contributed by atoms with Gasteiger partial charge in [0.1, 0.15) is 17.7 Å². The minimum atomic E-state index is -1.36. The molecule has 0 radical (unpaired) electrons. The average Bonchev–Trinajstić information content (AvgIpc) is 3.34. The number of hydrogen-bond donors (Lipinski definition) is 1. The number of nitrogens with one attached hydrogen (secondary N) is 1. The Morgan fingerprint density at radius 2 is 2.09 bits per heavy atom. The fourth-order valence-corrected chi connectivity index (χ4v) is 4.71. The molecule has 1 aromatic carbocycles. The highest BCUT2D eigenvalue weighted by Gasteiger charge is 2.36. The van der Waals surface area contributed by atoms with E-state index in [0.717, 1.165) is 38.2 Å². The third kappa shape index (κ3) is 6.47. The van der Waals surface area contributed by atoms with Gasteiger partial charge in [-0.1, -0.05) is 44.1 Å². The lowest BCUT2D eigenvalue weighted by Crippen LogP contribution is -2.53. The summed E-state index contributed by atoms with van der Waals surface area (Å²) < 4.78 is 29.3. The zero-order valence-electron chi connectivity index (χ0n) is 19.2. The van der Waals surface area contributed by atoms with Crippen LogP contribution in [0.1, 0.15) is 44.7 Å². The largest absolute Gasteiger partial charge is 0.351 e. The number of halogens is 2. The van der Waals surface area contributed by atoms with Crippen molar-refractivity contribution >= 4 is 28.8 Å². The van der Waals surface area contributed by atoms with Crippen LogP contribution in [-0.4, -0.2) is 28.9 Å². The van der Waals surface area contributed by atoms with E-state index < -0.39 is 29.5 Å². The highest BCUT2D eigenvalue weighted by Crippen LogP contribution is 2.28. The smallest absolute Gasteiger partial charge is 0.248 e. The number of hydrogen-bond acceptors (Lipinski definition) is 4. The molecule has 1 heterocycles. The molecule has 1 aliphatic carbocycles. The van der Waals surface area contributed by atoms with Gasteiger partial charge in [-0.05, 0) is 44.0 Å². The Labute approximate surface area is 202 Å².